The molecule has 0 bridgehead atoms. The molecule has 176 valence electrons. The summed E-state index contributed by atoms with van der Waals surface area (Å²) in [5.41, 5.74) is 6.34. The zero-order valence-corrected chi connectivity index (χ0v) is 20.6. The lowest BCUT2D eigenvalue weighted by Crippen LogP contribution is -2.20. The van der Waals surface area contributed by atoms with Crippen LogP contribution in [0.1, 0.15) is 70.3 Å². The topological polar surface area (TPSA) is 73.4 Å². The highest BCUT2D eigenvalue weighted by Crippen LogP contribution is 2.45. The molecule has 1 aromatic carbocycles. The Kier molecular flexibility index (Phi) is 5.81. The van der Waals surface area contributed by atoms with Crippen molar-refractivity contribution in [3.05, 3.63) is 81.5 Å². The van der Waals surface area contributed by atoms with Crippen molar-refractivity contribution in [2.75, 3.05) is 11.9 Å². The van der Waals surface area contributed by atoms with Gasteiger partial charge in [0.1, 0.15) is 5.82 Å². The van der Waals surface area contributed by atoms with Gasteiger partial charge in [-0.1, -0.05) is 23.7 Å². The highest BCUT2D eigenvalue weighted by Gasteiger charge is 2.35. The summed E-state index contributed by atoms with van der Waals surface area (Å²) in [6.45, 7) is 6.12. The monoisotopic (exact) mass is 477 g/mol. The lowest BCUT2D eigenvalue weighted by molar-refractivity contribution is 0.0523. The maximum absolute atomic E-state index is 13.2. The van der Waals surface area contributed by atoms with E-state index in [1.807, 2.05) is 62.7 Å². The first-order valence-electron chi connectivity index (χ1n) is 11.6. The fourth-order valence-electron chi connectivity index (χ4n) is 4.62. The Morgan fingerprint density at radius 1 is 1.21 bits per heavy atom. The van der Waals surface area contributed by atoms with Gasteiger partial charge in [-0.15, -0.1) is 10.2 Å². The molecular weight excluding hydrogens is 450 g/mol. The third-order valence-electron chi connectivity index (χ3n) is 6.40. The van der Waals surface area contributed by atoms with Gasteiger partial charge in [0.05, 0.1) is 29.6 Å². The molecule has 1 unspecified atom stereocenters. The average molecular weight is 478 g/mol. The van der Waals surface area contributed by atoms with E-state index in [0.717, 1.165) is 52.4 Å². The summed E-state index contributed by atoms with van der Waals surface area (Å²) in [5, 5.41) is 12.8. The number of carbonyl (C=O) groups is 1. The molecule has 1 aliphatic rings. The van der Waals surface area contributed by atoms with Crippen molar-refractivity contribution in [2.45, 2.75) is 45.6 Å². The fraction of sp³-hybridized carbons (Fsp3) is 0.346. The summed E-state index contributed by atoms with van der Waals surface area (Å²) in [4.78, 5) is 13.2. The summed E-state index contributed by atoms with van der Waals surface area (Å²) >= 11 is 6.20. The first-order valence-corrected chi connectivity index (χ1v) is 11.9. The minimum atomic E-state index is -0.303. The maximum atomic E-state index is 13.2. The van der Waals surface area contributed by atoms with Gasteiger partial charge in [0.15, 0.2) is 5.65 Å². The zero-order valence-electron chi connectivity index (χ0n) is 19.8. The predicted molar refractivity (Wildman–Crippen MR) is 133 cm³/mol. The largest absolute Gasteiger partial charge is 0.462 e. The Bertz CT molecular complexity index is 1370. The van der Waals surface area contributed by atoms with Crippen molar-refractivity contribution in [3.8, 4) is 0 Å². The van der Waals surface area contributed by atoms with E-state index < -0.39 is 0 Å². The average Bonchev–Trinajstić information content (AvgIpc) is 3.50. The number of hydrogen-bond acceptors (Lipinski definition) is 5. The second kappa shape index (κ2) is 8.80. The smallest absolute Gasteiger partial charge is 0.340 e. The number of carbonyl (C=O) groups excluding carboxylic acids is 1. The predicted octanol–water partition coefficient (Wildman–Crippen LogP) is 5.59. The van der Waals surface area contributed by atoms with Crippen molar-refractivity contribution in [1.29, 1.82) is 0 Å². The number of nitrogens with one attached hydrogen (secondary N) is 1. The van der Waals surface area contributed by atoms with Gasteiger partial charge in [-0.2, -0.15) is 0 Å². The van der Waals surface area contributed by atoms with Gasteiger partial charge in [0.25, 0.3) is 0 Å². The molecule has 1 saturated carbocycles. The van der Waals surface area contributed by atoms with Crippen molar-refractivity contribution < 1.29 is 9.53 Å². The van der Waals surface area contributed by atoms with E-state index in [1.165, 1.54) is 0 Å². The molecule has 5 rings (SSSR count). The van der Waals surface area contributed by atoms with E-state index in [4.69, 9.17) is 16.3 Å². The second-order valence-electron chi connectivity index (χ2n) is 8.93. The number of fused-ring (bicyclic) bond motifs is 1. The summed E-state index contributed by atoms with van der Waals surface area (Å²) in [6.07, 6.45) is 6.27. The molecule has 1 aliphatic carbocycles. The number of esters is 1. The van der Waals surface area contributed by atoms with E-state index in [1.54, 1.807) is 0 Å². The number of benzene rings is 1. The molecule has 4 aromatic rings. The highest BCUT2D eigenvalue weighted by atomic mass is 35.5. The third kappa shape index (κ3) is 4.05. The Hall–Kier alpha value is -3.32. The molecule has 8 heteroatoms. The van der Waals surface area contributed by atoms with Crippen LogP contribution in [0.4, 0.5) is 5.69 Å². The molecule has 7 nitrogen and oxygen atoms in total. The number of nitrogens with zero attached hydrogens (tertiary/aromatic N) is 4. The fourth-order valence-corrected chi connectivity index (χ4v) is 4.75. The van der Waals surface area contributed by atoms with Crippen molar-refractivity contribution in [2.24, 2.45) is 7.05 Å². The first-order chi connectivity index (χ1) is 16.4. The van der Waals surface area contributed by atoms with Crippen LogP contribution in [0.5, 0.6) is 0 Å². The highest BCUT2D eigenvalue weighted by molar-refractivity contribution is 6.30. The minimum absolute atomic E-state index is 0.276. The van der Waals surface area contributed by atoms with Gasteiger partial charge in [0, 0.05) is 24.5 Å². The van der Waals surface area contributed by atoms with Crippen LogP contribution in [0.3, 0.4) is 0 Å². The van der Waals surface area contributed by atoms with Crippen molar-refractivity contribution >= 4 is 28.9 Å². The SMILES string of the molecule is CCOC(=O)c1c(C2CC2)cn(C)c1C(Nc1cc(C)c2nnc(C)n2c1)c1ccc(Cl)cc1. The molecule has 0 saturated heterocycles. The van der Waals surface area contributed by atoms with Crippen LogP contribution in [0.15, 0.2) is 42.7 Å². The van der Waals surface area contributed by atoms with E-state index in [2.05, 4.69) is 32.3 Å². The maximum Gasteiger partial charge on any atom is 0.340 e. The summed E-state index contributed by atoms with van der Waals surface area (Å²) in [5.74, 6) is 0.942. The number of aryl methyl sites for hydroxylation is 3. The van der Waals surface area contributed by atoms with Gasteiger partial charge >= 0.3 is 5.97 Å². The van der Waals surface area contributed by atoms with Gasteiger partial charge in [-0.05, 0) is 74.4 Å². The number of anilines is 1. The molecule has 0 spiro atoms. The molecule has 3 heterocycles. The molecule has 0 aliphatic heterocycles. The Morgan fingerprint density at radius 2 is 1.94 bits per heavy atom. The summed E-state index contributed by atoms with van der Waals surface area (Å²) < 4.78 is 9.55. The Morgan fingerprint density at radius 3 is 2.62 bits per heavy atom. The molecule has 0 amide bonds. The Balaban J connectivity index is 1.67. The first kappa shape index (κ1) is 22.5. The van der Waals surface area contributed by atoms with Gasteiger partial charge in [-0.3, -0.25) is 4.40 Å². The van der Waals surface area contributed by atoms with Gasteiger partial charge < -0.3 is 14.6 Å². The van der Waals surface area contributed by atoms with E-state index in [-0.39, 0.29) is 12.0 Å². The Labute approximate surface area is 203 Å². The molecule has 1 fully saturated rings. The van der Waals surface area contributed by atoms with Gasteiger partial charge in [0.2, 0.25) is 0 Å². The van der Waals surface area contributed by atoms with Crippen LogP contribution < -0.4 is 5.32 Å². The third-order valence-corrected chi connectivity index (χ3v) is 6.65. The van der Waals surface area contributed by atoms with Crippen LogP contribution in [-0.4, -0.2) is 31.7 Å². The van der Waals surface area contributed by atoms with Crippen LogP contribution in [0.25, 0.3) is 5.65 Å². The van der Waals surface area contributed by atoms with Crippen LogP contribution >= 0.6 is 11.6 Å². The van der Waals surface area contributed by atoms with E-state index in [9.17, 15) is 4.79 Å². The molecule has 1 atom stereocenters. The molecule has 0 radical (unpaired) electrons. The van der Waals surface area contributed by atoms with Crippen LogP contribution in [-0.2, 0) is 11.8 Å². The summed E-state index contributed by atoms with van der Waals surface area (Å²) in [7, 11) is 1.99. The minimum Gasteiger partial charge on any atom is -0.462 e. The number of aromatic nitrogens is 4. The van der Waals surface area contributed by atoms with Crippen molar-refractivity contribution in [3.63, 3.8) is 0 Å². The lowest BCUT2D eigenvalue weighted by Gasteiger charge is -2.24. The lowest BCUT2D eigenvalue weighted by atomic mass is 9.97. The number of halogens is 1. The number of hydrogen-bond donors (Lipinski definition) is 1. The quantitative estimate of drug-likeness (QED) is 0.351. The zero-order chi connectivity index (χ0) is 24.0. The molecule has 1 N–H and O–H groups in total. The van der Waals surface area contributed by atoms with E-state index >= 15 is 0 Å². The van der Waals surface area contributed by atoms with Crippen molar-refractivity contribution in [1.82, 2.24) is 19.2 Å². The number of ether oxygens (including phenoxy) is 1. The number of rotatable bonds is 7. The standard InChI is InChI=1S/C26H28ClN5O2/c1-5-34-26(33)22-21(17-6-7-17)14-31(4)24(22)23(18-8-10-19(27)11-9-18)28-20-12-15(2)25-30-29-16(3)32(25)13-20/h8-14,17,23,28H,5-7H2,1-4H3. The summed E-state index contributed by atoms with van der Waals surface area (Å²) in [6, 6.07) is 9.49. The normalized spacial score (nSPS) is 14.4. The molecule has 34 heavy (non-hydrogen) atoms. The van der Waals surface area contributed by atoms with Gasteiger partial charge in [-0.25, -0.2) is 4.79 Å². The molecule has 3 aromatic heterocycles. The van der Waals surface area contributed by atoms with Crippen LogP contribution in [0.2, 0.25) is 5.02 Å². The van der Waals surface area contributed by atoms with Crippen LogP contribution in [0, 0.1) is 13.8 Å². The number of pyridine rings is 1. The molecular formula is C26H28ClN5O2. The second-order valence-corrected chi connectivity index (χ2v) is 9.37. The van der Waals surface area contributed by atoms with E-state index in [0.29, 0.717) is 23.1 Å².